The van der Waals surface area contributed by atoms with Gasteiger partial charge in [-0.1, -0.05) is 127 Å². The fraction of sp³-hybridized carbons (Fsp3) is 0.0476. The van der Waals surface area contributed by atoms with Gasteiger partial charge in [0.15, 0.2) is 0 Å². The quantitative estimate of drug-likeness (QED) is 0.208. The molecular formula is C42H30N2. The third-order valence-electron chi connectivity index (χ3n) is 9.28. The van der Waals surface area contributed by atoms with Crippen LogP contribution in [0.1, 0.15) is 12.0 Å². The molecule has 0 spiro atoms. The molecule has 0 bridgehead atoms. The average Bonchev–Trinajstić information content (AvgIpc) is 3.62. The topological polar surface area (TPSA) is 8.17 Å². The fourth-order valence-electron chi connectivity index (χ4n) is 7.37. The first-order chi connectivity index (χ1) is 21.8. The summed E-state index contributed by atoms with van der Waals surface area (Å²) in [6.07, 6.45) is 3.40. The van der Waals surface area contributed by atoms with Gasteiger partial charge in [-0.25, -0.2) is 0 Å². The number of nitrogens with zero attached hydrogens (tertiary/aromatic N) is 2. The van der Waals surface area contributed by atoms with Crippen LogP contribution in [0.2, 0.25) is 0 Å². The Kier molecular flexibility index (Phi) is 5.67. The van der Waals surface area contributed by atoms with Crippen molar-refractivity contribution in [3.8, 4) is 27.9 Å². The fourth-order valence-corrected chi connectivity index (χ4v) is 7.37. The summed E-state index contributed by atoms with van der Waals surface area (Å²) in [7, 11) is 0. The second kappa shape index (κ2) is 10.00. The summed E-state index contributed by atoms with van der Waals surface area (Å²) in [6, 6.07) is 57.4. The highest BCUT2D eigenvalue weighted by atomic mass is 15.2. The number of hydrogen-bond acceptors (Lipinski definition) is 1. The molecule has 0 saturated heterocycles. The zero-order valence-electron chi connectivity index (χ0n) is 24.3. The minimum absolute atomic E-state index is 0.227. The number of fused-ring (bicyclic) bond motifs is 6. The van der Waals surface area contributed by atoms with Crippen LogP contribution >= 0.6 is 0 Å². The first kappa shape index (κ1) is 24.9. The van der Waals surface area contributed by atoms with Crippen LogP contribution in [-0.2, 0) is 0 Å². The number of anilines is 2. The predicted molar refractivity (Wildman–Crippen MR) is 184 cm³/mol. The van der Waals surface area contributed by atoms with E-state index >= 15 is 0 Å². The van der Waals surface area contributed by atoms with E-state index in [0.717, 1.165) is 6.42 Å². The van der Waals surface area contributed by atoms with Crippen LogP contribution in [0.25, 0.3) is 50.5 Å². The lowest BCUT2D eigenvalue weighted by Crippen LogP contribution is -2.40. The second-order valence-corrected chi connectivity index (χ2v) is 11.7. The molecule has 1 unspecified atom stereocenters. The van der Waals surface area contributed by atoms with Crippen LogP contribution < -0.4 is 15.5 Å². The SMILES string of the molecule is C1=c2c(c3ccccc3n2-c2ccc(-c3ccccc3)cc2)=C2c3ccccc3N(c3cccc(-c4ccccc4)c3)C2C1. The van der Waals surface area contributed by atoms with Crippen LogP contribution in [0.5, 0.6) is 0 Å². The van der Waals surface area contributed by atoms with E-state index in [9.17, 15) is 0 Å². The molecule has 1 aliphatic carbocycles. The van der Waals surface area contributed by atoms with E-state index in [2.05, 4.69) is 173 Å². The monoisotopic (exact) mass is 562 g/mol. The van der Waals surface area contributed by atoms with E-state index in [1.165, 1.54) is 71.9 Å². The summed E-state index contributed by atoms with van der Waals surface area (Å²) in [5.41, 5.74) is 12.7. The van der Waals surface area contributed by atoms with Crippen LogP contribution in [0.15, 0.2) is 158 Å². The van der Waals surface area contributed by atoms with Gasteiger partial charge in [-0.15, -0.1) is 0 Å². The molecule has 2 heterocycles. The van der Waals surface area contributed by atoms with E-state index in [1.807, 2.05) is 0 Å². The number of para-hydroxylation sites is 2. The molecule has 1 aromatic heterocycles. The van der Waals surface area contributed by atoms with Crippen LogP contribution in [0, 0.1) is 0 Å². The summed E-state index contributed by atoms with van der Waals surface area (Å²) in [6.45, 7) is 0. The Morgan fingerprint density at radius 2 is 1.14 bits per heavy atom. The highest BCUT2D eigenvalue weighted by molar-refractivity contribution is 5.98. The van der Waals surface area contributed by atoms with Gasteiger partial charge in [-0.05, 0) is 70.6 Å². The molecular weight excluding hydrogens is 532 g/mol. The van der Waals surface area contributed by atoms with Crippen molar-refractivity contribution in [2.45, 2.75) is 12.5 Å². The Balaban J connectivity index is 1.25. The van der Waals surface area contributed by atoms with E-state index in [0.29, 0.717) is 0 Å². The van der Waals surface area contributed by atoms with Crippen molar-refractivity contribution in [3.63, 3.8) is 0 Å². The molecule has 44 heavy (non-hydrogen) atoms. The number of hydrogen-bond donors (Lipinski definition) is 0. The van der Waals surface area contributed by atoms with Crippen molar-refractivity contribution in [2.75, 3.05) is 4.90 Å². The normalized spacial score (nSPS) is 15.0. The molecule has 0 amide bonds. The molecule has 1 aliphatic heterocycles. The lowest BCUT2D eigenvalue weighted by Gasteiger charge is -2.29. The second-order valence-electron chi connectivity index (χ2n) is 11.7. The summed E-state index contributed by atoms with van der Waals surface area (Å²) < 4.78 is 2.46. The Hall–Kier alpha value is -5.60. The lowest BCUT2D eigenvalue weighted by molar-refractivity contribution is 0.839. The number of aromatic nitrogens is 1. The third-order valence-corrected chi connectivity index (χ3v) is 9.28. The summed E-state index contributed by atoms with van der Waals surface area (Å²) in [5, 5.41) is 3.96. The van der Waals surface area contributed by atoms with Crippen LogP contribution in [0.4, 0.5) is 11.4 Å². The van der Waals surface area contributed by atoms with Gasteiger partial charge in [-0.3, -0.25) is 0 Å². The van der Waals surface area contributed by atoms with Crippen molar-refractivity contribution >= 4 is 33.9 Å². The smallest absolute Gasteiger partial charge is 0.0640 e. The lowest BCUT2D eigenvalue weighted by atomic mass is 9.93. The van der Waals surface area contributed by atoms with Crippen LogP contribution in [0.3, 0.4) is 0 Å². The van der Waals surface area contributed by atoms with Crippen molar-refractivity contribution in [2.24, 2.45) is 0 Å². The number of rotatable bonds is 4. The zero-order chi connectivity index (χ0) is 29.0. The average molecular weight is 563 g/mol. The largest absolute Gasteiger partial charge is 0.333 e. The van der Waals surface area contributed by atoms with E-state index in [-0.39, 0.29) is 6.04 Å². The first-order valence-corrected chi connectivity index (χ1v) is 15.4. The molecule has 0 fully saturated rings. The minimum atomic E-state index is 0.227. The van der Waals surface area contributed by atoms with Gasteiger partial charge in [0, 0.05) is 33.2 Å². The molecule has 2 heteroatoms. The first-order valence-electron chi connectivity index (χ1n) is 15.4. The summed E-state index contributed by atoms with van der Waals surface area (Å²) in [5.74, 6) is 0. The van der Waals surface area contributed by atoms with Crippen molar-refractivity contribution in [1.29, 1.82) is 0 Å². The standard InChI is InChI=1S/C42H30N2/c1-3-12-29(13-4-1)31-22-24-33(25-23-31)43-37-20-9-7-18-35(37)41-39(43)26-27-40-42(41)36-19-8-10-21-38(36)44(40)34-17-11-16-32(28-34)30-14-5-2-6-15-30/h1-26,28,40H,27H2. The highest BCUT2D eigenvalue weighted by Gasteiger charge is 2.37. The molecule has 2 aliphatic rings. The van der Waals surface area contributed by atoms with Gasteiger partial charge in [0.1, 0.15) is 0 Å². The van der Waals surface area contributed by atoms with E-state index in [1.54, 1.807) is 0 Å². The molecule has 208 valence electrons. The molecule has 0 N–H and O–H groups in total. The third kappa shape index (κ3) is 3.81. The minimum Gasteiger partial charge on any atom is -0.333 e. The molecule has 0 saturated carbocycles. The van der Waals surface area contributed by atoms with Gasteiger partial charge in [-0.2, -0.15) is 0 Å². The zero-order valence-corrected chi connectivity index (χ0v) is 24.3. The maximum absolute atomic E-state index is 2.57. The van der Waals surface area contributed by atoms with Crippen molar-refractivity contribution in [3.05, 3.63) is 174 Å². The Labute approximate surface area is 257 Å². The Bertz CT molecular complexity index is 2290. The summed E-state index contributed by atoms with van der Waals surface area (Å²) in [4.78, 5) is 2.57. The Morgan fingerprint density at radius 3 is 1.93 bits per heavy atom. The van der Waals surface area contributed by atoms with Crippen molar-refractivity contribution in [1.82, 2.24) is 4.57 Å². The molecule has 6 aromatic carbocycles. The maximum atomic E-state index is 2.57. The van der Waals surface area contributed by atoms with E-state index in [4.69, 9.17) is 0 Å². The van der Waals surface area contributed by atoms with Gasteiger partial charge in [0.2, 0.25) is 0 Å². The van der Waals surface area contributed by atoms with E-state index < -0.39 is 0 Å². The molecule has 9 rings (SSSR count). The maximum Gasteiger partial charge on any atom is 0.0640 e. The van der Waals surface area contributed by atoms with Gasteiger partial charge >= 0.3 is 0 Å². The predicted octanol–water partition coefficient (Wildman–Crippen LogP) is 8.87. The molecule has 2 nitrogen and oxygen atoms in total. The highest BCUT2D eigenvalue weighted by Crippen LogP contribution is 2.46. The summed E-state index contributed by atoms with van der Waals surface area (Å²) >= 11 is 0. The Morgan fingerprint density at radius 1 is 0.500 bits per heavy atom. The van der Waals surface area contributed by atoms with Gasteiger partial charge < -0.3 is 9.47 Å². The van der Waals surface area contributed by atoms with Gasteiger partial charge in [0.05, 0.1) is 16.9 Å². The molecule has 0 radical (unpaired) electrons. The molecule has 1 atom stereocenters. The van der Waals surface area contributed by atoms with Crippen LogP contribution in [-0.4, -0.2) is 10.6 Å². The number of benzene rings is 6. The molecule has 7 aromatic rings. The van der Waals surface area contributed by atoms with Gasteiger partial charge in [0.25, 0.3) is 0 Å². The van der Waals surface area contributed by atoms with Crippen molar-refractivity contribution < 1.29 is 0 Å².